The van der Waals surface area contributed by atoms with Crippen LogP contribution < -0.4 is 0 Å². The summed E-state index contributed by atoms with van der Waals surface area (Å²) in [6.07, 6.45) is 0.641. The van der Waals surface area contributed by atoms with Crippen LogP contribution in [0.3, 0.4) is 0 Å². The monoisotopic (exact) mass is 397 g/mol. The van der Waals surface area contributed by atoms with Gasteiger partial charge < -0.3 is 4.74 Å². The summed E-state index contributed by atoms with van der Waals surface area (Å²) in [5.74, 6) is -0.0645. The number of cyclic esters (lactones) is 1. The molecule has 1 unspecified atom stereocenters. The van der Waals surface area contributed by atoms with E-state index in [1.165, 1.54) is 5.01 Å². The quantitative estimate of drug-likeness (QED) is 0.777. The topological polar surface area (TPSA) is 62.2 Å². The SMILES string of the molecule is O=C(CCc1ccccc1)N1CC(N2CCOC2=O)C(c2ccc(Cl)cc2)=N1. The first-order chi connectivity index (χ1) is 13.6. The summed E-state index contributed by atoms with van der Waals surface area (Å²) >= 11 is 5.99. The van der Waals surface area contributed by atoms with Gasteiger partial charge in [-0.2, -0.15) is 5.10 Å². The van der Waals surface area contributed by atoms with E-state index in [1.54, 1.807) is 17.0 Å². The van der Waals surface area contributed by atoms with Crippen LogP contribution in [0.5, 0.6) is 0 Å². The maximum atomic E-state index is 12.8. The number of halogens is 1. The highest BCUT2D eigenvalue weighted by molar-refractivity contribution is 6.30. The Morgan fingerprint density at radius 3 is 2.57 bits per heavy atom. The molecule has 2 aliphatic heterocycles. The molecule has 0 spiro atoms. The molecule has 0 saturated carbocycles. The summed E-state index contributed by atoms with van der Waals surface area (Å²) in [6.45, 7) is 1.17. The third-order valence-electron chi connectivity index (χ3n) is 4.96. The molecule has 1 saturated heterocycles. The van der Waals surface area contributed by atoms with Crippen molar-refractivity contribution in [1.29, 1.82) is 0 Å². The molecule has 7 heteroatoms. The van der Waals surface area contributed by atoms with Gasteiger partial charge in [0.25, 0.3) is 0 Å². The van der Waals surface area contributed by atoms with Gasteiger partial charge in [0, 0.05) is 17.0 Å². The van der Waals surface area contributed by atoms with Crippen molar-refractivity contribution in [3.63, 3.8) is 0 Å². The molecule has 1 fully saturated rings. The van der Waals surface area contributed by atoms with Crippen molar-refractivity contribution >= 4 is 29.3 Å². The molecule has 0 N–H and O–H groups in total. The molecule has 28 heavy (non-hydrogen) atoms. The first-order valence-electron chi connectivity index (χ1n) is 9.24. The number of hydrogen-bond donors (Lipinski definition) is 0. The minimum atomic E-state index is -0.370. The van der Waals surface area contributed by atoms with Crippen LogP contribution in [0, 0.1) is 0 Å². The van der Waals surface area contributed by atoms with Crippen LogP contribution in [0.15, 0.2) is 59.7 Å². The molecule has 2 aliphatic rings. The minimum absolute atomic E-state index is 0.0645. The van der Waals surface area contributed by atoms with Gasteiger partial charge in [-0.25, -0.2) is 9.80 Å². The largest absolute Gasteiger partial charge is 0.448 e. The van der Waals surface area contributed by atoms with Gasteiger partial charge in [-0.15, -0.1) is 0 Å². The van der Waals surface area contributed by atoms with E-state index in [1.807, 2.05) is 42.5 Å². The van der Waals surface area contributed by atoms with Gasteiger partial charge in [-0.05, 0) is 24.1 Å². The lowest BCUT2D eigenvalue weighted by Gasteiger charge is -2.23. The number of amides is 2. The fraction of sp³-hybridized carbons (Fsp3) is 0.286. The highest BCUT2D eigenvalue weighted by Gasteiger charge is 2.39. The zero-order valence-electron chi connectivity index (χ0n) is 15.3. The number of hydrazone groups is 1. The molecule has 0 bridgehead atoms. The van der Waals surface area contributed by atoms with Gasteiger partial charge in [0.1, 0.15) is 6.61 Å². The summed E-state index contributed by atoms with van der Waals surface area (Å²) in [5, 5.41) is 6.66. The second kappa shape index (κ2) is 8.02. The number of rotatable bonds is 5. The third-order valence-corrected chi connectivity index (χ3v) is 5.21. The van der Waals surface area contributed by atoms with Gasteiger partial charge >= 0.3 is 6.09 Å². The van der Waals surface area contributed by atoms with E-state index in [0.29, 0.717) is 43.3 Å². The van der Waals surface area contributed by atoms with Crippen molar-refractivity contribution in [2.75, 3.05) is 19.7 Å². The number of hydrogen-bond acceptors (Lipinski definition) is 4. The van der Waals surface area contributed by atoms with E-state index in [-0.39, 0.29) is 18.0 Å². The standard InChI is InChI=1S/C21H20ClN3O3/c22-17-9-7-16(8-10-17)20-18(24-12-13-28-21(24)27)14-25(23-20)19(26)11-6-15-4-2-1-3-5-15/h1-5,7-10,18H,6,11-14H2. The number of aryl methyl sites for hydroxylation is 1. The van der Waals surface area contributed by atoms with Gasteiger partial charge in [0.2, 0.25) is 5.91 Å². The summed E-state index contributed by atoms with van der Waals surface area (Å²) in [4.78, 5) is 26.5. The fourth-order valence-electron chi connectivity index (χ4n) is 3.48. The van der Waals surface area contributed by atoms with Crippen LogP contribution in [0.25, 0.3) is 0 Å². The van der Waals surface area contributed by atoms with Gasteiger partial charge in [-0.1, -0.05) is 54.1 Å². The second-order valence-electron chi connectivity index (χ2n) is 6.78. The molecule has 6 nitrogen and oxygen atoms in total. The zero-order valence-corrected chi connectivity index (χ0v) is 16.0. The number of carbonyl (C=O) groups excluding carboxylic acids is 2. The zero-order chi connectivity index (χ0) is 19.5. The lowest BCUT2D eigenvalue weighted by molar-refractivity contribution is -0.131. The van der Waals surface area contributed by atoms with E-state index in [4.69, 9.17) is 16.3 Å². The second-order valence-corrected chi connectivity index (χ2v) is 7.21. The van der Waals surface area contributed by atoms with Crippen LogP contribution in [0.2, 0.25) is 5.02 Å². The van der Waals surface area contributed by atoms with Crippen LogP contribution >= 0.6 is 11.6 Å². The Morgan fingerprint density at radius 1 is 1.14 bits per heavy atom. The van der Waals surface area contributed by atoms with Crippen molar-refractivity contribution in [2.24, 2.45) is 5.10 Å². The molecule has 1 atom stereocenters. The summed E-state index contributed by atoms with van der Waals surface area (Å²) in [5.41, 5.74) is 2.63. The number of nitrogens with zero attached hydrogens (tertiary/aromatic N) is 3. The van der Waals surface area contributed by atoms with Crippen molar-refractivity contribution in [2.45, 2.75) is 18.9 Å². The Morgan fingerprint density at radius 2 is 1.89 bits per heavy atom. The summed E-state index contributed by atoms with van der Waals surface area (Å²) < 4.78 is 5.09. The maximum absolute atomic E-state index is 12.8. The smallest absolute Gasteiger partial charge is 0.410 e. The molecule has 4 rings (SSSR count). The van der Waals surface area contributed by atoms with E-state index in [0.717, 1.165) is 11.1 Å². The van der Waals surface area contributed by atoms with Gasteiger partial charge in [0.15, 0.2) is 0 Å². The average molecular weight is 398 g/mol. The van der Waals surface area contributed by atoms with E-state index < -0.39 is 0 Å². The lowest BCUT2D eigenvalue weighted by Crippen LogP contribution is -2.44. The number of carbonyl (C=O) groups is 2. The van der Waals surface area contributed by atoms with Crippen molar-refractivity contribution in [1.82, 2.24) is 9.91 Å². The highest BCUT2D eigenvalue weighted by Crippen LogP contribution is 2.23. The molecule has 2 aromatic carbocycles. The molecule has 0 aromatic heterocycles. The molecule has 144 valence electrons. The van der Waals surface area contributed by atoms with Crippen molar-refractivity contribution < 1.29 is 14.3 Å². The van der Waals surface area contributed by atoms with Crippen LogP contribution in [0.4, 0.5) is 4.79 Å². The minimum Gasteiger partial charge on any atom is -0.448 e. The first kappa shape index (κ1) is 18.5. The summed E-state index contributed by atoms with van der Waals surface area (Å²) in [7, 11) is 0. The molecule has 2 amide bonds. The fourth-order valence-corrected chi connectivity index (χ4v) is 3.60. The Hall–Kier alpha value is -2.86. The van der Waals surface area contributed by atoms with E-state index in [9.17, 15) is 9.59 Å². The Labute approximate surface area is 168 Å². The van der Waals surface area contributed by atoms with E-state index >= 15 is 0 Å². The molecule has 2 aromatic rings. The predicted molar refractivity (Wildman–Crippen MR) is 106 cm³/mol. The van der Waals surface area contributed by atoms with Crippen LogP contribution in [-0.2, 0) is 16.0 Å². The lowest BCUT2D eigenvalue weighted by atomic mass is 10.0. The van der Waals surface area contributed by atoms with Crippen LogP contribution in [-0.4, -0.2) is 53.4 Å². The molecular formula is C21H20ClN3O3. The molecular weight excluding hydrogens is 378 g/mol. The maximum Gasteiger partial charge on any atom is 0.410 e. The normalized spacial score (nSPS) is 19.0. The number of ether oxygens (including phenoxy) is 1. The number of benzene rings is 2. The molecule has 0 aliphatic carbocycles. The molecule has 0 radical (unpaired) electrons. The van der Waals surface area contributed by atoms with Crippen LogP contribution in [0.1, 0.15) is 17.5 Å². The van der Waals surface area contributed by atoms with Gasteiger partial charge in [-0.3, -0.25) is 9.69 Å². The van der Waals surface area contributed by atoms with Gasteiger partial charge in [0.05, 0.1) is 24.8 Å². The Bertz CT molecular complexity index is 899. The highest BCUT2D eigenvalue weighted by atomic mass is 35.5. The molecule has 2 heterocycles. The Balaban J connectivity index is 1.54. The Kier molecular flexibility index (Phi) is 5.30. The third kappa shape index (κ3) is 3.87. The average Bonchev–Trinajstić information content (AvgIpc) is 3.33. The predicted octanol–water partition coefficient (Wildman–Crippen LogP) is 3.34. The van der Waals surface area contributed by atoms with Crippen molar-refractivity contribution in [3.8, 4) is 0 Å². The summed E-state index contributed by atoms with van der Waals surface area (Å²) in [6, 6.07) is 16.8. The van der Waals surface area contributed by atoms with Crippen molar-refractivity contribution in [3.05, 3.63) is 70.7 Å². The first-order valence-corrected chi connectivity index (χ1v) is 9.62. The van der Waals surface area contributed by atoms with E-state index in [2.05, 4.69) is 5.10 Å².